The molecule has 0 aliphatic rings. The molecule has 0 unspecified atom stereocenters. The van der Waals surface area contributed by atoms with Crippen LogP contribution in [0, 0.1) is 0 Å². The second-order valence-corrected chi connectivity index (χ2v) is 7.01. The predicted molar refractivity (Wildman–Crippen MR) is 105 cm³/mol. The van der Waals surface area contributed by atoms with Crippen LogP contribution in [-0.4, -0.2) is 26.4 Å². The molecule has 2 aromatic carbocycles. The Labute approximate surface area is 163 Å². The lowest BCUT2D eigenvalue weighted by Gasteiger charge is -2.27. The monoisotopic (exact) mass is 396 g/mol. The Bertz CT molecular complexity index is 749. The maximum atomic E-state index is 12.3. The number of hydrogen-bond acceptors (Lipinski definition) is 3. The molecule has 2 rings (SSSR count). The summed E-state index contributed by atoms with van der Waals surface area (Å²) in [5.41, 5.74) is 0.886. The van der Waals surface area contributed by atoms with Gasteiger partial charge in [-0.15, -0.1) is 0 Å². The number of carbonyl (C=O) groups is 1. The fraction of sp³-hybridized carbons (Fsp3) is 0.316. The maximum Gasteiger partial charge on any atom is 0.319 e. The van der Waals surface area contributed by atoms with Gasteiger partial charge in [0.25, 0.3) is 0 Å². The van der Waals surface area contributed by atoms with Crippen molar-refractivity contribution in [2.75, 3.05) is 25.6 Å². The van der Waals surface area contributed by atoms with Crippen LogP contribution in [0.15, 0.2) is 42.5 Å². The lowest BCUT2D eigenvalue weighted by molar-refractivity contribution is 0.146. The number of halogens is 2. The minimum Gasteiger partial charge on any atom is -0.491 e. The van der Waals surface area contributed by atoms with Crippen LogP contribution in [0.1, 0.15) is 19.4 Å². The van der Waals surface area contributed by atoms with Crippen LogP contribution < -0.4 is 15.4 Å². The van der Waals surface area contributed by atoms with E-state index < -0.39 is 5.54 Å². The van der Waals surface area contributed by atoms with Crippen molar-refractivity contribution in [3.63, 3.8) is 0 Å². The molecule has 0 radical (unpaired) electrons. The van der Waals surface area contributed by atoms with Crippen molar-refractivity contribution in [3.8, 4) is 5.75 Å². The van der Waals surface area contributed by atoms with Crippen LogP contribution in [0.25, 0.3) is 0 Å². The van der Waals surface area contributed by atoms with Crippen molar-refractivity contribution in [2.45, 2.75) is 19.4 Å². The summed E-state index contributed by atoms with van der Waals surface area (Å²) in [5, 5.41) is 6.65. The Morgan fingerprint density at radius 2 is 1.73 bits per heavy atom. The summed E-state index contributed by atoms with van der Waals surface area (Å²) in [6.45, 7) is 4.77. The molecule has 5 nitrogen and oxygen atoms in total. The molecule has 26 heavy (non-hydrogen) atoms. The minimum absolute atomic E-state index is 0.325. The molecule has 0 spiro atoms. The van der Waals surface area contributed by atoms with Crippen LogP contribution in [0.3, 0.4) is 0 Å². The molecule has 0 atom stereocenters. The molecular weight excluding hydrogens is 375 g/mol. The highest BCUT2D eigenvalue weighted by atomic mass is 35.5. The largest absolute Gasteiger partial charge is 0.491 e. The number of hydrogen-bond donors (Lipinski definition) is 2. The number of carbonyl (C=O) groups excluding carboxylic acids is 1. The van der Waals surface area contributed by atoms with Gasteiger partial charge in [-0.05, 0) is 55.8 Å². The van der Waals surface area contributed by atoms with Gasteiger partial charge in [0.2, 0.25) is 0 Å². The molecule has 0 bridgehead atoms. The van der Waals surface area contributed by atoms with Crippen LogP contribution in [0.5, 0.6) is 5.75 Å². The minimum atomic E-state index is -0.623. The van der Waals surface area contributed by atoms with E-state index in [2.05, 4.69) is 10.6 Å². The summed E-state index contributed by atoms with van der Waals surface area (Å²) in [5.74, 6) is 0.712. The van der Waals surface area contributed by atoms with E-state index in [-0.39, 0.29) is 6.03 Å². The van der Waals surface area contributed by atoms with Gasteiger partial charge in [-0.1, -0.05) is 29.3 Å². The van der Waals surface area contributed by atoms with Crippen molar-refractivity contribution in [3.05, 3.63) is 58.1 Å². The summed E-state index contributed by atoms with van der Waals surface area (Å²) in [6.07, 6.45) is 0. The number of amides is 2. The van der Waals surface area contributed by atoms with E-state index in [1.807, 2.05) is 19.9 Å². The zero-order valence-corrected chi connectivity index (χ0v) is 16.4. The van der Waals surface area contributed by atoms with Gasteiger partial charge < -0.3 is 20.1 Å². The molecule has 0 aliphatic heterocycles. The number of rotatable bonds is 7. The quantitative estimate of drug-likeness (QED) is 0.641. The predicted octanol–water partition coefficient (Wildman–Crippen LogP) is 5.08. The van der Waals surface area contributed by atoms with E-state index >= 15 is 0 Å². The van der Waals surface area contributed by atoms with E-state index in [1.165, 1.54) is 0 Å². The molecule has 2 aromatic rings. The third-order valence-electron chi connectivity index (χ3n) is 3.74. The molecule has 0 saturated heterocycles. The Kier molecular flexibility index (Phi) is 7.14. The third-order valence-corrected chi connectivity index (χ3v) is 4.47. The first-order valence-corrected chi connectivity index (χ1v) is 8.84. The summed E-state index contributed by atoms with van der Waals surface area (Å²) >= 11 is 12.0. The lowest BCUT2D eigenvalue weighted by atomic mass is 9.94. The van der Waals surface area contributed by atoms with Crippen LogP contribution in [0.4, 0.5) is 10.5 Å². The Balaban J connectivity index is 1.95. The van der Waals surface area contributed by atoms with Crippen molar-refractivity contribution < 1.29 is 14.3 Å². The van der Waals surface area contributed by atoms with Gasteiger partial charge in [0.1, 0.15) is 12.4 Å². The molecule has 2 amide bonds. The lowest BCUT2D eigenvalue weighted by Crippen LogP contribution is -2.43. The van der Waals surface area contributed by atoms with Gasteiger partial charge in [-0.2, -0.15) is 0 Å². The second-order valence-electron chi connectivity index (χ2n) is 6.20. The highest BCUT2D eigenvalue weighted by Gasteiger charge is 2.23. The number of anilines is 1. The summed E-state index contributed by atoms with van der Waals surface area (Å²) in [6, 6.07) is 12.1. The number of urea groups is 1. The Morgan fingerprint density at radius 1 is 1.04 bits per heavy atom. The molecule has 0 saturated carbocycles. The van der Waals surface area contributed by atoms with Gasteiger partial charge >= 0.3 is 6.03 Å². The molecule has 0 aromatic heterocycles. The van der Waals surface area contributed by atoms with Gasteiger partial charge in [0.15, 0.2) is 0 Å². The van der Waals surface area contributed by atoms with E-state index in [0.717, 1.165) is 5.56 Å². The molecular formula is C19H22Cl2N2O3. The molecule has 2 N–H and O–H groups in total. The van der Waals surface area contributed by atoms with E-state index in [4.69, 9.17) is 32.7 Å². The topological polar surface area (TPSA) is 59.6 Å². The molecule has 140 valence electrons. The number of nitrogens with one attached hydrogen (secondary N) is 2. The average molecular weight is 397 g/mol. The highest BCUT2D eigenvalue weighted by Crippen LogP contribution is 2.28. The van der Waals surface area contributed by atoms with Crippen molar-refractivity contribution in [1.82, 2.24) is 5.32 Å². The summed E-state index contributed by atoms with van der Waals surface area (Å²) in [7, 11) is 1.62. The van der Waals surface area contributed by atoms with E-state index in [9.17, 15) is 4.79 Å². The van der Waals surface area contributed by atoms with E-state index in [0.29, 0.717) is 34.7 Å². The molecule has 0 fully saturated rings. The fourth-order valence-electron chi connectivity index (χ4n) is 2.28. The molecule has 0 aliphatic carbocycles. The van der Waals surface area contributed by atoms with Crippen LogP contribution in [0.2, 0.25) is 10.0 Å². The van der Waals surface area contributed by atoms with Crippen molar-refractivity contribution in [1.29, 1.82) is 0 Å². The number of ether oxygens (including phenoxy) is 2. The van der Waals surface area contributed by atoms with Gasteiger partial charge in [-0.3, -0.25) is 0 Å². The van der Waals surface area contributed by atoms with Crippen molar-refractivity contribution >= 4 is 34.9 Å². The summed E-state index contributed by atoms with van der Waals surface area (Å²) in [4.78, 5) is 12.3. The second kappa shape index (κ2) is 9.12. The molecule has 7 heteroatoms. The number of benzene rings is 2. The smallest absolute Gasteiger partial charge is 0.319 e. The highest BCUT2D eigenvalue weighted by molar-refractivity contribution is 6.42. The van der Waals surface area contributed by atoms with Gasteiger partial charge in [0.05, 0.1) is 22.2 Å². The first-order valence-electron chi connectivity index (χ1n) is 8.08. The van der Waals surface area contributed by atoms with Crippen molar-refractivity contribution in [2.24, 2.45) is 0 Å². The fourth-order valence-corrected chi connectivity index (χ4v) is 2.58. The normalized spacial score (nSPS) is 11.1. The Morgan fingerprint density at radius 3 is 2.35 bits per heavy atom. The van der Waals surface area contributed by atoms with Gasteiger partial charge in [-0.25, -0.2) is 4.79 Å². The Hall–Kier alpha value is -1.95. The van der Waals surface area contributed by atoms with Gasteiger partial charge in [0, 0.05) is 12.8 Å². The van der Waals surface area contributed by atoms with Crippen LogP contribution in [-0.2, 0) is 10.3 Å². The molecule has 0 heterocycles. The summed E-state index contributed by atoms with van der Waals surface area (Å²) < 4.78 is 10.4. The van der Waals surface area contributed by atoms with E-state index in [1.54, 1.807) is 43.5 Å². The SMILES string of the molecule is COCCOc1ccc(NC(=O)NC(C)(C)c2ccc(Cl)c(Cl)c2)cc1. The average Bonchev–Trinajstić information content (AvgIpc) is 2.58. The maximum absolute atomic E-state index is 12.3. The third kappa shape index (κ3) is 5.80. The zero-order valence-electron chi connectivity index (χ0n) is 14.9. The van der Waals surface area contributed by atoms with Crippen LogP contribution >= 0.6 is 23.2 Å². The zero-order chi connectivity index (χ0) is 19.2. The first-order chi connectivity index (χ1) is 12.3. The first kappa shape index (κ1) is 20.4. The number of methoxy groups -OCH3 is 1. The standard InChI is InChI=1S/C19H22Cl2N2O3/c1-19(2,13-4-9-16(20)17(21)12-13)23-18(24)22-14-5-7-15(8-6-14)26-11-10-25-3/h4-9,12H,10-11H2,1-3H3,(H2,22,23,24).